The topological polar surface area (TPSA) is 64.3 Å². The fourth-order valence-electron chi connectivity index (χ4n) is 2.17. The predicted octanol–water partition coefficient (Wildman–Crippen LogP) is 3.83. The summed E-state index contributed by atoms with van der Waals surface area (Å²) in [5.74, 6) is -0.401. The maximum absolute atomic E-state index is 11.6. The number of esters is 1. The van der Waals surface area contributed by atoms with Gasteiger partial charge in [0, 0.05) is 17.4 Å². The number of nitrogens with one attached hydrogen (secondary N) is 1. The molecule has 1 atom stereocenters. The fourth-order valence-corrected chi connectivity index (χ4v) is 2.17. The monoisotopic (exact) mass is 278 g/mol. The van der Waals surface area contributed by atoms with Gasteiger partial charge in [-0.1, -0.05) is 32.6 Å². The maximum atomic E-state index is 11.6. The van der Waals surface area contributed by atoms with E-state index in [4.69, 9.17) is 10.5 Å². The molecule has 1 rings (SSSR count). The number of hydrogen-bond acceptors (Lipinski definition) is 4. The van der Waals surface area contributed by atoms with Crippen molar-refractivity contribution in [2.75, 3.05) is 18.2 Å². The highest BCUT2D eigenvalue weighted by Gasteiger charge is 2.11. The van der Waals surface area contributed by atoms with Crippen molar-refractivity contribution in [3.63, 3.8) is 0 Å². The van der Waals surface area contributed by atoms with E-state index in [-0.39, 0.29) is 0 Å². The summed E-state index contributed by atoms with van der Waals surface area (Å²) in [6, 6.07) is 5.76. The van der Waals surface area contributed by atoms with Crippen molar-refractivity contribution in [1.82, 2.24) is 0 Å². The van der Waals surface area contributed by atoms with Crippen molar-refractivity contribution < 1.29 is 9.53 Å². The van der Waals surface area contributed by atoms with E-state index >= 15 is 0 Å². The van der Waals surface area contributed by atoms with E-state index < -0.39 is 5.97 Å². The molecule has 0 aliphatic carbocycles. The lowest BCUT2D eigenvalue weighted by molar-refractivity contribution is 0.0602. The molecule has 0 spiro atoms. The minimum Gasteiger partial charge on any atom is -0.465 e. The molecule has 20 heavy (non-hydrogen) atoms. The number of unbranched alkanes of at least 4 members (excludes halogenated alkanes) is 3. The number of nitrogen functional groups attached to an aromatic ring is 1. The number of benzene rings is 1. The third-order valence-corrected chi connectivity index (χ3v) is 3.36. The van der Waals surface area contributed by atoms with Crippen LogP contribution in [0.2, 0.25) is 0 Å². The quantitative estimate of drug-likeness (QED) is 0.431. The number of carbonyl (C=O) groups is 1. The van der Waals surface area contributed by atoms with E-state index in [9.17, 15) is 4.79 Å². The average molecular weight is 278 g/mol. The molecule has 3 N–H and O–H groups in total. The Bertz CT molecular complexity index is 432. The molecule has 4 nitrogen and oxygen atoms in total. The minimum atomic E-state index is -0.401. The second-order valence-corrected chi connectivity index (χ2v) is 5.19. The van der Waals surface area contributed by atoms with Crippen LogP contribution in [-0.2, 0) is 4.74 Å². The number of anilines is 2. The Kier molecular flexibility index (Phi) is 6.91. The Morgan fingerprint density at radius 2 is 2.10 bits per heavy atom. The minimum absolute atomic E-state index is 0.376. The van der Waals surface area contributed by atoms with Gasteiger partial charge in [0.25, 0.3) is 0 Å². The van der Waals surface area contributed by atoms with Gasteiger partial charge < -0.3 is 15.8 Å². The van der Waals surface area contributed by atoms with Crippen LogP contribution in [0.4, 0.5) is 11.4 Å². The zero-order chi connectivity index (χ0) is 15.0. The van der Waals surface area contributed by atoms with Gasteiger partial charge in [-0.05, 0) is 31.5 Å². The summed E-state index contributed by atoms with van der Waals surface area (Å²) >= 11 is 0. The number of carbonyl (C=O) groups excluding carboxylic acids is 1. The van der Waals surface area contributed by atoms with E-state index in [0.29, 0.717) is 17.3 Å². The molecule has 1 aromatic rings. The van der Waals surface area contributed by atoms with Crippen LogP contribution in [0.25, 0.3) is 0 Å². The van der Waals surface area contributed by atoms with Crippen molar-refractivity contribution in [2.45, 2.75) is 52.0 Å². The van der Waals surface area contributed by atoms with Crippen molar-refractivity contribution in [2.24, 2.45) is 0 Å². The first-order valence-corrected chi connectivity index (χ1v) is 7.32. The van der Waals surface area contributed by atoms with Gasteiger partial charge in [0.1, 0.15) is 0 Å². The molecule has 112 valence electrons. The molecule has 4 heteroatoms. The van der Waals surface area contributed by atoms with Crippen LogP contribution >= 0.6 is 0 Å². The lowest BCUT2D eigenvalue weighted by Crippen LogP contribution is -2.15. The largest absolute Gasteiger partial charge is 0.465 e. The molecule has 0 saturated carbocycles. The number of rotatable bonds is 8. The van der Waals surface area contributed by atoms with Crippen molar-refractivity contribution in [1.29, 1.82) is 0 Å². The third kappa shape index (κ3) is 5.11. The second kappa shape index (κ2) is 8.46. The van der Waals surface area contributed by atoms with Crippen LogP contribution in [-0.4, -0.2) is 19.1 Å². The van der Waals surface area contributed by atoms with Crippen LogP contribution < -0.4 is 11.1 Å². The predicted molar refractivity (Wildman–Crippen MR) is 84.0 cm³/mol. The second-order valence-electron chi connectivity index (χ2n) is 5.19. The van der Waals surface area contributed by atoms with E-state index in [1.165, 1.54) is 32.8 Å². The standard InChI is InChI=1S/C16H26N2O2/c1-4-5-6-7-8-12(2)18-13-9-10-15(17)14(11-13)16(19)20-3/h9-12,18H,4-8,17H2,1-3H3. The first kappa shape index (κ1) is 16.3. The van der Waals surface area contributed by atoms with Gasteiger partial charge in [-0.3, -0.25) is 0 Å². The summed E-state index contributed by atoms with van der Waals surface area (Å²) in [5.41, 5.74) is 7.54. The molecule has 0 amide bonds. The van der Waals surface area contributed by atoms with Crippen molar-refractivity contribution in [3.8, 4) is 0 Å². The zero-order valence-electron chi connectivity index (χ0n) is 12.7. The number of ether oxygens (including phenoxy) is 1. The van der Waals surface area contributed by atoms with Crippen molar-refractivity contribution in [3.05, 3.63) is 23.8 Å². The smallest absolute Gasteiger partial charge is 0.340 e. The molecule has 0 bridgehead atoms. The van der Waals surface area contributed by atoms with Gasteiger partial charge in [-0.15, -0.1) is 0 Å². The van der Waals surface area contributed by atoms with Gasteiger partial charge >= 0.3 is 5.97 Å². The molecule has 0 radical (unpaired) electrons. The molecule has 0 heterocycles. The Labute approximate surface area is 121 Å². The van der Waals surface area contributed by atoms with Gasteiger partial charge in [0.15, 0.2) is 0 Å². The lowest BCUT2D eigenvalue weighted by Gasteiger charge is -2.16. The number of methoxy groups -OCH3 is 1. The summed E-state index contributed by atoms with van der Waals surface area (Å²) in [5, 5.41) is 3.40. The molecule has 1 aromatic carbocycles. The average Bonchev–Trinajstić information content (AvgIpc) is 2.45. The molecule has 0 aromatic heterocycles. The van der Waals surface area contributed by atoms with Gasteiger partial charge in [0.2, 0.25) is 0 Å². The molecule has 1 unspecified atom stereocenters. The zero-order valence-corrected chi connectivity index (χ0v) is 12.7. The van der Waals surface area contributed by atoms with E-state index in [1.807, 2.05) is 6.07 Å². The van der Waals surface area contributed by atoms with E-state index in [2.05, 4.69) is 19.2 Å². The Hall–Kier alpha value is -1.71. The number of hydrogen-bond donors (Lipinski definition) is 2. The Morgan fingerprint density at radius 1 is 1.35 bits per heavy atom. The molecule has 0 fully saturated rings. The normalized spacial score (nSPS) is 11.9. The molecular formula is C16H26N2O2. The van der Waals surface area contributed by atoms with Crippen LogP contribution in [0, 0.1) is 0 Å². The molecule has 0 aliphatic heterocycles. The van der Waals surface area contributed by atoms with Crippen LogP contribution in [0.1, 0.15) is 56.3 Å². The van der Waals surface area contributed by atoms with Crippen LogP contribution in [0.15, 0.2) is 18.2 Å². The van der Waals surface area contributed by atoms with Gasteiger partial charge in [-0.2, -0.15) is 0 Å². The number of nitrogens with two attached hydrogens (primary N) is 1. The summed E-state index contributed by atoms with van der Waals surface area (Å²) in [7, 11) is 1.36. The summed E-state index contributed by atoms with van der Waals surface area (Å²) in [6.07, 6.45) is 6.17. The van der Waals surface area contributed by atoms with Gasteiger partial charge in [0.05, 0.1) is 12.7 Å². The Balaban J connectivity index is 2.57. The van der Waals surface area contributed by atoms with Crippen LogP contribution in [0.5, 0.6) is 0 Å². The highest BCUT2D eigenvalue weighted by atomic mass is 16.5. The lowest BCUT2D eigenvalue weighted by atomic mass is 10.1. The van der Waals surface area contributed by atoms with Crippen molar-refractivity contribution >= 4 is 17.3 Å². The molecular weight excluding hydrogens is 252 g/mol. The summed E-state index contributed by atoms with van der Waals surface area (Å²) in [4.78, 5) is 11.6. The van der Waals surface area contributed by atoms with E-state index in [1.54, 1.807) is 12.1 Å². The highest BCUT2D eigenvalue weighted by Crippen LogP contribution is 2.20. The SMILES string of the molecule is CCCCCCC(C)Nc1ccc(N)c(C(=O)OC)c1. The first-order valence-electron chi connectivity index (χ1n) is 7.32. The summed E-state index contributed by atoms with van der Waals surface area (Å²) < 4.78 is 4.72. The molecule has 0 aliphatic rings. The third-order valence-electron chi connectivity index (χ3n) is 3.36. The summed E-state index contributed by atoms with van der Waals surface area (Å²) in [6.45, 7) is 4.37. The van der Waals surface area contributed by atoms with Crippen LogP contribution in [0.3, 0.4) is 0 Å². The Morgan fingerprint density at radius 3 is 2.75 bits per heavy atom. The van der Waals surface area contributed by atoms with Gasteiger partial charge in [-0.25, -0.2) is 4.79 Å². The molecule has 0 saturated heterocycles. The maximum Gasteiger partial charge on any atom is 0.340 e. The first-order chi connectivity index (χ1) is 9.58. The fraction of sp³-hybridized carbons (Fsp3) is 0.562. The van der Waals surface area contributed by atoms with E-state index in [0.717, 1.165) is 12.1 Å². The highest BCUT2D eigenvalue weighted by molar-refractivity contribution is 5.96.